The van der Waals surface area contributed by atoms with E-state index in [0.717, 1.165) is 30.8 Å². The number of non-ortho nitro benzene ring substituents is 1. The molecule has 1 aliphatic rings. The van der Waals surface area contributed by atoms with Gasteiger partial charge in [0.2, 0.25) is 0 Å². The van der Waals surface area contributed by atoms with Gasteiger partial charge in [0.05, 0.1) is 4.92 Å². The summed E-state index contributed by atoms with van der Waals surface area (Å²) in [5, 5.41) is 14.1. The first-order valence-corrected chi connectivity index (χ1v) is 5.76. The largest absolute Gasteiger partial charge is 0.381 e. The summed E-state index contributed by atoms with van der Waals surface area (Å²) < 4.78 is 0. The molecule has 0 aliphatic carbocycles. The zero-order valence-corrected chi connectivity index (χ0v) is 10.1. The SMILES string of the molecule is Cc1ccc([N+](=O)[O-])cc1NC1CCN(C)C1. The summed E-state index contributed by atoms with van der Waals surface area (Å²) in [5.74, 6) is 0. The maximum absolute atomic E-state index is 10.7. The lowest BCUT2D eigenvalue weighted by molar-refractivity contribution is -0.384. The molecule has 1 aliphatic heterocycles. The molecule has 0 saturated carbocycles. The van der Waals surface area contributed by atoms with Crippen molar-refractivity contribution in [2.75, 3.05) is 25.5 Å². The fourth-order valence-electron chi connectivity index (χ4n) is 2.15. The Morgan fingerprint density at radius 1 is 1.53 bits per heavy atom. The van der Waals surface area contributed by atoms with Gasteiger partial charge in [0, 0.05) is 30.4 Å². The van der Waals surface area contributed by atoms with Crippen LogP contribution in [-0.2, 0) is 0 Å². The van der Waals surface area contributed by atoms with Crippen molar-refractivity contribution in [3.8, 4) is 0 Å². The van der Waals surface area contributed by atoms with Gasteiger partial charge in [-0.05, 0) is 32.5 Å². The zero-order valence-electron chi connectivity index (χ0n) is 10.1. The van der Waals surface area contributed by atoms with Crippen LogP contribution in [0, 0.1) is 17.0 Å². The number of nitrogens with one attached hydrogen (secondary N) is 1. The second-order valence-electron chi connectivity index (χ2n) is 4.65. The molecule has 1 saturated heterocycles. The third-order valence-corrected chi connectivity index (χ3v) is 3.18. The monoisotopic (exact) mass is 235 g/mol. The van der Waals surface area contributed by atoms with Crippen molar-refractivity contribution in [3.05, 3.63) is 33.9 Å². The summed E-state index contributed by atoms with van der Waals surface area (Å²) in [7, 11) is 2.09. The molecule has 0 bridgehead atoms. The molecule has 1 aromatic carbocycles. The second-order valence-corrected chi connectivity index (χ2v) is 4.65. The van der Waals surface area contributed by atoms with Crippen molar-refractivity contribution in [3.63, 3.8) is 0 Å². The molecule has 1 atom stereocenters. The van der Waals surface area contributed by atoms with Crippen molar-refractivity contribution >= 4 is 11.4 Å². The Labute approximate surface area is 101 Å². The molecule has 5 heteroatoms. The lowest BCUT2D eigenvalue weighted by atomic mass is 10.1. The van der Waals surface area contributed by atoms with Gasteiger partial charge >= 0.3 is 0 Å². The average Bonchev–Trinajstić information content (AvgIpc) is 2.67. The Balaban J connectivity index is 2.14. The molecule has 17 heavy (non-hydrogen) atoms. The van der Waals surface area contributed by atoms with Gasteiger partial charge in [-0.3, -0.25) is 10.1 Å². The van der Waals surface area contributed by atoms with Crippen molar-refractivity contribution in [1.29, 1.82) is 0 Å². The van der Waals surface area contributed by atoms with E-state index in [0.29, 0.717) is 6.04 Å². The Hall–Kier alpha value is -1.62. The number of nitro benzene ring substituents is 1. The van der Waals surface area contributed by atoms with Crippen molar-refractivity contribution in [1.82, 2.24) is 4.90 Å². The highest BCUT2D eigenvalue weighted by molar-refractivity contribution is 5.57. The van der Waals surface area contributed by atoms with E-state index >= 15 is 0 Å². The van der Waals surface area contributed by atoms with Crippen molar-refractivity contribution < 1.29 is 4.92 Å². The first-order valence-electron chi connectivity index (χ1n) is 5.76. The van der Waals surface area contributed by atoms with Crippen LogP contribution in [0.25, 0.3) is 0 Å². The molecule has 0 aromatic heterocycles. The summed E-state index contributed by atoms with van der Waals surface area (Å²) in [5.41, 5.74) is 2.06. The van der Waals surface area contributed by atoms with Gasteiger partial charge in [0.1, 0.15) is 0 Å². The number of rotatable bonds is 3. The summed E-state index contributed by atoms with van der Waals surface area (Å²) in [6.45, 7) is 4.03. The second kappa shape index (κ2) is 4.71. The van der Waals surface area contributed by atoms with Crippen molar-refractivity contribution in [2.45, 2.75) is 19.4 Å². The van der Waals surface area contributed by atoms with E-state index in [1.807, 2.05) is 6.92 Å². The highest BCUT2D eigenvalue weighted by Gasteiger charge is 2.20. The summed E-state index contributed by atoms with van der Waals surface area (Å²) in [6, 6.07) is 5.34. The Morgan fingerprint density at radius 2 is 2.29 bits per heavy atom. The third kappa shape index (κ3) is 2.74. The van der Waals surface area contributed by atoms with Gasteiger partial charge in [0.15, 0.2) is 0 Å². The fraction of sp³-hybridized carbons (Fsp3) is 0.500. The lowest BCUT2D eigenvalue weighted by Crippen LogP contribution is -2.23. The van der Waals surface area contributed by atoms with Crippen LogP contribution in [0.5, 0.6) is 0 Å². The normalized spacial score (nSPS) is 20.5. The van der Waals surface area contributed by atoms with Crippen LogP contribution in [0.15, 0.2) is 18.2 Å². The molecule has 0 amide bonds. The van der Waals surface area contributed by atoms with Gasteiger partial charge in [-0.2, -0.15) is 0 Å². The number of anilines is 1. The average molecular weight is 235 g/mol. The summed E-state index contributed by atoms with van der Waals surface area (Å²) >= 11 is 0. The third-order valence-electron chi connectivity index (χ3n) is 3.18. The Bertz CT molecular complexity index is 434. The molecule has 1 aromatic rings. The molecule has 1 N–H and O–H groups in total. The minimum atomic E-state index is -0.356. The molecule has 0 radical (unpaired) electrons. The molecule has 1 unspecified atom stereocenters. The molecular weight excluding hydrogens is 218 g/mol. The molecule has 2 rings (SSSR count). The number of likely N-dealkylation sites (N-methyl/N-ethyl adjacent to an activating group) is 1. The predicted octanol–water partition coefficient (Wildman–Crippen LogP) is 2.02. The number of nitro groups is 1. The molecule has 1 fully saturated rings. The summed E-state index contributed by atoms with van der Waals surface area (Å²) in [4.78, 5) is 12.6. The van der Waals surface area contributed by atoms with E-state index < -0.39 is 0 Å². The topological polar surface area (TPSA) is 58.4 Å². The van der Waals surface area contributed by atoms with Crippen LogP contribution in [0.3, 0.4) is 0 Å². The highest BCUT2D eigenvalue weighted by atomic mass is 16.6. The molecule has 5 nitrogen and oxygen atoms in total. The van der Waals surface area contributed by atoms with Crippen LogP contribution in [-0.4, -0.2) is 36.0 Å². The fourth-order valence-corrected chi connectivity index (χ4v) is 2.15. The number of nitrogens with zero attached hydrogens (tertiary/aromatic N) is 2. The van der Waals surface area contributed by atoms with Crippen LogP contribution < -0.4 is 5.32 Å². The van der Waals surface area contributed by atoms with Gasteiger partial charge in [-0.25, -0.2) is 0 Å². The number of aryl methyl sites for hydroxylation is 1. The van der Waals surface area contributed by atoms with E-state index in [2.05, 4.69) is 17.3 Å². The molecule has 1 heterocycles. The van der Waals surface area contributed by atoms with Crippen LogP contribution in [0.1, 0.15) is 12.0 Å². The van der Waals surface area contributed by atoms with Crippen LogP contribution >= 0.6 is 0 Å². The van der Waals surface area contributed by atoms with Gasteiger partial charge < -0.3 is 10.2 Å². The highest BCUT2D eigenvalue weighted by Crippen LogP contribution is 2.24. The smallest absolute Gasteiger partial charge is 0.271 e. The minimum Gasteiger partial charge on any atom is -0.381 e. The standard InChI is InChI=1S/C12H17N3O2/c1-9-3-4-11(15(16)17)7-12(9)13-10-5-6-14(2)8-10/h3-4,7,10,13H,5-6,8H2,1-2H3. The van der Waals surface area contributed by atoms with Gasteiger partial charge in [-0.1, -0.05) is 6.07 Å². The Morgan fingerprint density at radius 3 is 2.88 bits per heavy atom. The van der Waals surface area contributed by atoms with Gasteiger partial charge in [0.25, 0.3) is 5.69 Å². The molecule has 0 spiro atoms. The summed E-state index contributed by atoms with van der Waals surface area (Å²) in [6.07, 6.45) is 1.08. The van der Waals surface area contributed by atoms with Crippen LogP contribution in [0.4, 0.5) is 11.4 Å². The molecule has 92 valence electrons. The van der Waals surface area contributed by atoms with E-state index in [9.17, 15) is 10.1 Å². The number of likely N-dealkylation sites (tertiary alicyclic amines) is 1. The first kappa shape index (κ1) is 11.9. The van der Waals surface area contributed by atoms with Crippen molar-refractivity contribution in [2.24, 2.45) is 0 Å². The van der Waals surface area contributed by atoms with E-state index in [4.69, 9.17) is 0 Å². The maximum Gasteiger partial charge on any atom is 0.271 e. The van der Waals surface area contributed by atoms with E-state index in [-0.39, 0.29) is 10.6 Å². The van der Waals surface area contributed by atoms with E-state index in [1.54, 1.807) is 18.2 Å². The lowest BCUT2D eigenvalue weighted by Gasteiger charge is -2.15. The zero-order chi connectivity index (χ0) is 12.4. The van der Waals surface area contributed by atoms with Crippen LogP contribution in [0.2, 0.25) is 0 Å². The predicted molar refractivity (Wildman–Crippen MR) is 67.4 cm³/mol. The van der Waals surface area contributed by atoms with Gasteiger partial charge in [-0.15, -0.1) is 0 Å². The quantitative estimate of drug-likeness (QED) is 0.643. The molecular formula is C12H17N3O2. The number of hydrogen-bond acceptors (Lipinski definition) is 4. The number of benzene rings is 1. The van der Waals surface area contributed by atoms with E-state index in [1.165, 1.54) is 0 Å². The minimum absolute atomic E-state index is 0.143. The maximum atomic E-state index is 10.7. The Kier molecular flexibility index (Phi) is 3.28. The first-order chi connectivity index (χ1) is 8.06. The number of hydrogen-bond donors (Lipinski definition) is 1.